The second-order valence-electron chi connectivity index (χ2n) is 10.8. The molecule has 2 heterocycles. The van der Waals surface area contributed by atoms with Crippen LogP contribution in [0.3, 0.4) is 0 Å². The number of aromatic nitrogens is 1. The molecule has 1 aliphatic heterocycles. The third kappa shape index (κ3) is 5.08. The molecule has 0 unspecified atom stereocenters. The number of carbonyl (C=O) groups excluding carboxylic acids is 1. The maximum atomic E-state index is 13.4. The van der Waals surface area contributed by atoms with Crippen LogP contribution in [0.2, 0.25) is 18.1 Å². The predicted molar refractivity (Wildman–Crippen MR) is 132 cm³/mol. The van der Waals surface area contributed by atoms with Crippen LogP contribution in [0.25, 0.3) is 0 Å². The first-order valence-corrected chi connectivity index (χ1v) is 14.5. The lowest BCUT2D eigenvalue weighted by Gasteiger charge is -2.36. The molecule has 0 atom stereocenters. The summed E-state index contributed by atoms with van der Waals surface area (Å²) in [6.45, 7) is 16.3. The van der Waals surface area contributed by atoms with Gasteiger partial charge in [0.05, 0.1) is 23.7 Å². The summed E-state index contributed by atoms with van der Waals surface area (Å²) in [6, 6.07) is 8.55. The van der Waals surface area contributed by atoms with Gasteiger partial charge in [-0.15, -0.1) is 11.6 Å². The number of hydrogen-bond donors (Lipinski definition) is 0. The van der Waals surface area contributed by atoms with E-state index < -0.39 is 8.32 Å². The van der Waals surface area contributed by atoms with Gasteiger partial charge in [0.1, 0.15) is 11.7 Å². The van der Waals surface area contributed by atoms with Gasteiger partial charge in [0, 0.05) is 12.0 Å². The van der Waals surface area contributed by atoms with Gasteiger partial charge in [-0.25, -0.2) is 4.39 Å². The number of hydrogen-bond acceptors (Lipinski definition) is 3. The zero-order valence-electron chi connectivity index (χ0n) is 20.2. The van der Waals surface area contributed by atoms with Gasteiger partial charge in [-0.3, -0.25) is 9.78 Å². The molecule has 0 saturated carbocycles. The van der Waals surface area contributed by atoms with Crippen molar-refractivity contribution in [2.75, 3.05) is 17.3 Å². The van der Waals surface area contributed by atoms with Crippen LogP contribution >= 0.6 is 11.6 Å². The molecule has 0 saturated heterocycles. The predicted octanol–water partition coefficient (Wildman–Crippen LogP) is 6.20. The molecule has 1 aliphatic rings. The number of fused-ring (bicyclic) bond motifs is 1. The number of benzene rings is 1. The Morgan fingerprint density at radius 1 is 1.25 bits per heavy atom. The lowest BCUT2D eigenvalue weighted by molar-refractivity contribution is -0.116. The van der Waals surface area contributed by atoms with E-state index in [1.807, 2.05) is 0 Å². The smallest absolute Gasteiger partial charge is 0.241 e. The second-order valence-corrected chi connectivity index (χ2v) is 15.9. The van der Waals surface area contributed by atoms with Gasteiger partial charge in [-0.2, -0.15) is 0 Å². The van der Waals surface area contributed by atoms with Gasteiger partial charge in [-0.05, 0) is 53.9 Å². The molecule has 1 aromatic carbocycles. The fraction of sp³-hybridized carbons (Fsp3) is 0.520. The number of amides is 1. The maximum Gasteiger partial charge on any atom is 0.241 e. The van der Waals surface area contributed by atoms with E-state index >= 15 is 0 Å². The van der Waals surface area contributed by atoms with Gasteiger partial charge in [0.15, 0.2) is 8.32 Å². The highest BCUT2D eigenvalue weighted by Crippen LogP contribution is 2.42. The molecular weight excluding hydrogens is 443 g/mol. The summed E-state index contributed by atoms with van der Waals surface area (Å²) in [5, 5.41) is 0.0870. The number of anilines is 1. The zero-order chi connectivity index (χ0) is 23.9. The number of rotatable bonds is 6. The van der Waals surface area contributed by atoms with Crippen LogP contribution in [0.1, 0.15) is 57.1 Å². The molecule has 0 spiro atoms. The number of carbonyl (C=O) groups is 1. The number of halogens is 2. The molecule has 2 aromatic rings. The average molecular weight is 477 g/mol. The van der Waals surface area contributed by atoms with E-state index in [0.717, 1.165) is 28.2 Å². The quantitative estimate of drug-likeness (QED) is 0.368. The minimum atomic E-state index is -1.98. The first-order chi connectivity index (χ1) is 14.7. The van der Waals surface area contributed by atoms with Gasteiger partial charge in [-0.1, -0.05) is 46.8 Å². The van der Waals surface area contributed by atoms with E-state index in [4.69, 9.17) is 21.0 Å². The summed E-state index contributed by atoms with van der Waals surface area (Å²) < 4.78 is 19.9. The molecule has 174 valence electrons. The molecule has 0 N–H and O–H groups in total. The van der Waals surface area contributed by atoms with Crippen molar-refractivity contribution in [1.82, 2.24) is 4.98 Å². The third-order valence-corrected chi connectivity index (χ3v) is 11.5. The normalized spacial score (nSPS) is 15.7. The van der Waals surface area contributed by atoms with Crippen LogP contribution in [-0.4, -0.2) is 31.6 Å². The minimum absolute atomic E-state index is 0.0704. The highest BCUT2D eigenvalue weighted by molar-refractivity contribution is 6.74. The molecular formula is C25H34ClFN2O2Si. The van der Waals surface area contributed by atoms with E-state index in [9.17, 15) is 9.18 Å². The van der Waals surface area contributed by atoms with Crippen molar-refractivity contribution in [2.45, 2.75) is 71.2 Å². The summed E-state index contributed by atoms with van der Waals surface area (Å²) in [5.74, 6) is -0.458. The fourth-order valence-electron chi connectivity index (χ4n) is 3.70. The minimum Gasteiger partial charge on any atom is -0.411 e. The van der Waals surface area contributed by atoms with Crippen molar-refractivity contribution in [3.8, 4) is 0 Å². The Labute approximate surface area is 197 Å². The van der Waals surface area contributed by atoms with Gasteiger partial charge >= 0.3 is 0 Å². The summed E-state index contributed by atoms with van der Waals surface area (Å²) in [5.41, 5.74) is 4.28. The Morgan fingerprint density at radius 2 is 1.88 bits per heavy atom. The van der Waals surface area contributed by atoms with Crippen molar-refractivity contribution in [1.29, 1.82) is 0 Å². The average Bonchev–Trinajstić information content (AvgIpc) is 2.96. The van der Waals surface area contributed by atoms with E-state index in [1.54, 1.807) is 17.0 Å². The Kier molecular flexibility index (Phi) is 6.90. The Morgan fingerprint density at radius 3 is 2.44 bits per heavy atom. The van der Waals surface area contributed by atoms with Crippen LogP contribution in [0, 0.1) is 5.82 Å². The molecule has 3 rings (SSSR count). The van der Waals surface area contributed by atoms with Crippen LogP contribution in [0.15, 0.2) is 30.3 Å². The molecule has 7 heteroatoms. The molecule has 0 bridgehead atoms. The first kappa shape index (κ1) is 24.9. The highest BCUT2D eigenvalue weighted by Gasteiger charge is 2.41. The highest BCUT2D eigenvalue weighted by atomic mass is 35.5. The molecule has 4 nitrogen and oxygen atoms in total. The number of nitrogens with zero attached hydrogens (tertiary/aromatic N) is 2. The van der Waals surface area contributed by atoms with Crippen molar-refractivity contribution >= 4 is 31.5 Å². The van der Waals surface area contributed by atoms with Gasteiger partial charge in [0.25, 0.3) is 0 Å². The SMILES string of the molecule is CC1(C)CN(C(=O)CCl)c2cc(Cc3ccc(F)cc3)c(CO[Si](C)(C)C(C)(C)C)nc21. The molecule has 1 amide bonds. The maximum absolute atomic E-state index is 13.4. The van der Waals surface area contributed by atoms with E-state index in [0.29, 0.717) is 19.6 Å². The third-order valence-electron chi connectivity index (χ3n) is 6.76. The van der Waals surface area contributed by atoms with Crippen LogP contribution in [0.4, 0.5) is 10.1 Å². The number of alkyl halides is 1. The van der Waals surface area contributed by atoms with Crippen LogP contribution in [-0.2, 0) is 27.7 Å². The standard InChI is InChI=1S/C25H34ClFN2O2Si/c1-24(2,3)32(6,7)31-15-20-18(12-17-8-10-19(27)11-9-17)13-21-23(28-20)25(4,5)16-29(21)22(30)14-26/h8-11,13H,12,14-16H2,1-7H3. The topological polar surface area (TPSA) is 42.4 Å². The molecule has 0 radical (unpaired) electrons. The summed E-state index contributed by atoms with van der Waals surface area (Å²) in [4.78, 5) is 19.3. The molecule has 1 aromatic heterocycles. The molecule has 0 fully saturated rings. The summed E-state index contributed by atoms with van der Waals surface area (Å²) >= 11 is 5.89. The summed E-state index contributed by atoms with van der Waals surface area (Å²) in [6.07, 6.45) is 0.583. The Bertz CT molecular complexity index is 1000. The molecule has 0 aliphatic carbocycles. The van der Waals surface area contributed by atoms with Crippen LogP contribution in [0.5, 0.6) is 0 Å². The Balaban J connectivity index is 2.05. The van der Waals surface area contributed by atoms with Crippen LogP contribution < -0.4 is 4.90 Å². The largest absolute Gasteiger partial charge is 0.411 e. The van der Waals surface area contributed by atoms with Crippen molar-refractivity contribution in [3.05, 3.63) is 58.7 Å². The van der Waals surface area contributed by atoms with Crippen molar-refractivity contribution in [3.63, 3.8) is 0 Å². The zero-order valence-corrected chi connectivity index (χ0v) is 21.9. The van der Waals surface area contributed by atoms with E-state index in [2.05, 4.69) is 53.8 Å². The van der Waals surface area contributed by atoms with Gasteiger partial charge in [0.2, 0.25) is 5.91 Å². The fourth-order valence-corrected chi connectivity index (χ4v) is 4.77. The number of pyridine rings is 1. The molecule has 32 heavy (non-hydrogen) atoms. The monoisotopic (exact) mass is 476 g/mol. The first-order valence-electron chi connectivity index (χ1n) is 11.0. The van der Waals surface area contributed by atoms with E-state index in [1.165, 1.54) is 12.1 Å². The Hall–Kier alpha value is -1.76. The van der Waals surface area contributed by atoms with Gasteiger partial charge < -0.3 is 9.33 Å². The van der Waals surface area contributed by atoms with Crippen molar-refractivity contribution in [2.24, 2.45) is 0 Å². The van der Waals surface area contributed by atoms with E-state index in [-0.39, 0.29) is 28.1 Å². The summed E-state index contributed by atoms with van der Waals surface area (Å²) in [7, 11) is -1.98. The lowest BCUT2D eigenvalue weighted by Crippen LogP contribution is -2.40. The van der Waals surface area contributed by atoms with Crippen molar-refractivity contribution < 1.29 is 13.6 Å². The lowest BCUT2D eigenvalue weighted by atomic mass is 9.90. The second kappa shape index (κ2) is 8.88.